The van der Waals surface area contributed by atoms with Gasteiger partial charge >= 0.3 is 11.9 Å². The quantitative estimate of drug-likeness (QED) is 0.0802. The van der Waals surface area contributed by atoms with Gasteiger partial charge in [-0.2, -0.15) is 0 Å². The Balaban J connectivity index is 1.31. The molecule has 0 spiro atoms. The molecule has 0 atom stereocenters. The van der Waals surface area contributed by atoms with Crippen molar-refractivity contribution in [2.24, 2.45) is 0 Å². The summed E-state index contributed by atoms with van der Waals surface area (Å²) < 4.78 is 37.5. The summed E-state index contributed by atoms with van der Waals surface area (Å²) >= 11 is 0. The van der Waals surface area contributed by atoms with Crippen LogP contribution in [0.5, 0.6) is 0 Å². The van der Waals surface area contributed by atoms with E-state index in [0.29, 0.717) is 22.3 Å². The smallest absolute Gasteiger partial charge is 0.317 e. The number of carbonyl (C=O) groups is 2. The van der Waals surface area contributed by atoms with E-state index in [0.717, 1.165) is 24.3 Å². The highest BCUT2D eigenvalue weighted by atomic mass is 19.1. The van der Waals surface area contributed by atoms with Crippen LogP contribution in [0.2, 0.25) is 0 Å². The normalized spacial score (nSPS) is 10.7. The first kappa shape index (κ1) is 30.4. The maximum absolute atomic E-state index is 13.6. The number of halogens is 2. The largest absolute Gasteiger partial charge is 0.465 e. The molecule has 0 aromatic heterocycles. The summed E-state index contributed by atoms with van der Waals surface area (Å²) in [7, 11) is 0. The second-order valence-electron chi connectivity index (χ2n) is 9.27. The number of nitro benzene ring substituents is 2. The lowest BCUT2D eigenvalue weighted by Gasteiger charge is -2.12. The topological polar surface area (TPSA) is 139 Å². The van der Waals surface area contributed by atoms with E-state index in [2.05, 4.69) is 0 Å². The van der Waals surface area contributed by atoms with Gasteiger partial charge in [0.25, 0.3) is 11.4 Å². The van der Waals surface area contributed by atoms with E-state index in [9.17, 15) is 38.6 Å². The summed E-state index contributed by atoms with van der Waals surface area (Å²) in [6.45, 7) is -0.246. The van der Waals surface area contributed by atoms with Crippen LogP contribution >= 0.6 is 0 Å². The van der Waals surface area contributed by atoms with Crippen LogP contribution in [0.1, 0.15) is 17.5 Å². The van der Waals surface area contributed by atoms with Crippen molar-refractivity contribution in [3.05, 3.63) is 128 Å². The lowest BCUT2D eigenvalue weighted by Crippen LogP contribution is -2.16. The van der Waals surface area contributed by atoms with E-state index in [1.807, 2.05) is 0 Å². The highest BCUT2D eigenvalue weighted by molar-refractivity contribution is 5.91. The van der Waals surface area contributed by atoms with Crippen LogP contribution in [0.4, 0.5) is 20.2 Å². The first-order valence-electron chi connectivity index (χ1n) is 13.0. The molecule has 4 rings (SSSR count). The molecule has 0 fully saturated rings. The molecule has 220 valence electrons. The second kappa shape index (κ2) is 13.9. The van der Waals surface area contributed by atoms with Crippen molar-refractivity contribution >= 4 is 23.3 Å². The standard InChI is InChI=1S/C31H24F2N2O8/c32-22-9-11-26(28(17-22)34(38)39)24-7-3-1-5-20(24)13-15-42-30(36)19-31(37)43-16-14-21-6-2-4-8-25(21)27-12-10-23(33)18-29(27)35(40)41/h1-12,17-18H,13-16,19H2. The van der Waals surface area contributed by atoms with Crippen molar-refractivity contribution in [1.29, 1.82) is 0 Å². The number of carbonyl (C=O) groups excluding carboxylic acids is 2. The summed E-state index contributed by atoms with van der Waals surface area (Å²) in [4.78, 5) is 46.0. The van der Waals surface area contributed by atoms with Crippen molar-refractivity contribution in [3.8, 4) is 22.3 Å². The highest BCUT2D eigenvalue weighted by Crippen LogP contribution is 2.34. The van der Waals surface area contributed by atoms with Gasteiger partial charge in [-0.25, -0.2) is 8.78 Å². The highest BCUT2D eigenvalue weighted by Gasteiger charge is 2.21. The zero-order chi connectivity index (χ0) is 30.9. The van der Waals surface area contributed by atoms with Gasteiger partial charge in [0.15, 0.2) is 0 Å². The zero-order valence-corrected chi connectivity index (χ0v) is 22.5. The third-order valence-corrected chi connectivity index (χ3v) is 6.49. The lowest BCUT2D eigenvalue weighted by atomic mass is 9.96. The molecule has 12 heteroatoms. The van der Waals surface area contributed by atoms with E-state index in [4.69, 9.17) is 9.47 Å². The Kier molecular flexibility index (Phi) is 9.84. The minimum Gasteiger partial charge on any atom is -0.465 e. The molecule has 4 aromatic rings. The third kappa shape index (κ3) is 7.82. The van der Waals surface area contributed by atoms with E-state index in [1.165, 1.54) is 12.1 Å². The molecule has 0 saturated carbocycles. The maximum Gasteiger partial charge on any atom is 0.317 e. The van der Waals surface area contributed by atoms with Gasteiger partial charge in [0.05, 0.1) is 46.3 Å². The predicted octanol–water partition coefficient (Wildman–Crippen LogP) is 6.38. The van der Waals surface area contributed by atoms with Gasteiger partial charge in [-0.3, -0.25) is 29.8 Å². The Morgan fingerprint density at radius 3 is 1.40 bits per heavy atom. The number of nitro groups is 2. The van der Waals surface area contributed by atoms with Crippen molar-refractivity contribution in [3.63, 3.8) is 0 Å². The van der Waals surface area contributed by atoms with Crippen LogP contribution in [0.15, 0.2) is 84.9 Å². The van der Waals surface area contributed by atoms with Crippen LogP contribution < -0.4 is 0 Å². The molecule has 0 radical (unpaired) electrons. The molecular formula is C31H24F2N2O8. The third-order valence-electron chi connectivity index (χ3n) is 6.49. The molecule has 0 heterocycles. The fourth-order valence-electron chi connectivity index (χ4n) is 4.54. The molecule has 0 unspecified atom stereocenters. The molecule has 0 N–H and O–H groups in total. The average Bonchev–Trinajstić information content (AvgIpc) is 2.97. The van der Waals surface area contributed by atoms with Crippen LogP contribution in [0, 0.1) is 31.9 Å². The van der Waals surface area contributed by atoms with Gasteiger partial charge in [0.1, 0.15) is 18.1 Å². The van der Waals surface area contributed by atoms with Crippen molar-refractivity contribution in [1.82, 2.24) is 0 Å². The van der Waals surface area contributed by atoms with Crippen molar-refractivity contribution in [2.45, 2.75) is 19.3 Å². The molecule has 0 amide bonds. The monoisotopic (exact) mass is 590 g/mol. The minimum absolute atomic E-state index is 0.123. The van der Waals surface area contributed by atoms with Crippen molar-refractivity contribution < 1.29 is 37.7 Å². The summed E-state index contributed by atoms with van der Waals surface area (Å²) in [5.41, 5.74) is 1.84. The number of rotatable bonds is 12. The van der Waals surface area contributed by atoms with Gasteiger partial charge in [-0.05, 0) is 46.5 Å². The summed E-state index contributed by atoms with van der Waals surface area (Å²) in [5, 5.41) is 22.9. The minimum atomic E-state index is -0.836. The molecule has 0 aliphatic rings. The van der Waals surface area contributed by atoms with Crippen LogP contribution in [0.3, 0.4) is 0 Å². The van der Waals surface area contributed by atoms with E-state index >= 15 is 0 Å². The number of esters is 2. The Labute approximate surface area is 243 Å². The lowest BCUT2D eigenvalue weighted by molar-refractivity contribution is -0.384. The molecule has 0 bridgehead atoms. The molecular weight excluding hydrogens is 566 g/mol. The van der Waals surface area contributed by atoms with E-state index in [1.54, 1.807) is 48.5 Å². The number of ether oxygens (including phenoxy) is 2. The Morgan fingerprint density at radius 1 is 0.605 bits per heavy atom. The van der Waals surface area contributed by atoms with Crippen LogP contribution in [-0.4, -0.2) is 35.0 Å². The predicted molar refractivity (Wildman–Crippen MR) is 151 cm³/mol. The van der Waals surface area contributed by atoms with Gasteiger partial charge in [0, 0.05) is 12.8 Å². The summed E-state index contributed by atoms with van der Waals surface area (Å²) in [5.74, 6) is -3.15. The Morgan fingerprint density at radius 2 is 1.00 bits per heavy atom. The molecule has 0 saturated heterocycles. The second-order valence-corrected chi connectivity index (χ2v) is 9.27. The molecule has 10 nitrogen and oxygen atoms in total. The SMILES string of the molecule is O=C(CC(=O)OCCc1ccccc1-c1ccc(F)cc1[N+](=O)[O-])OCCc1ccccc1-c1ccc(F)cc1[N+](=O)[O-]. The van der Waals surface area contributed by atoms with Crippen LogP contribution in [0.25, 0.3) is 22.3 Å². The molecule has 0 aliphatic carbocycles. The Hall–Kier alpha value is -5.52. The first-order valence-corrected chi connectivity index (χ1v) is 13.0. The zero-order valence-electron chi connectivity index (χ0n) is 22.5. The van der Waals surface area contributed by atoms with Gasteiger partial charge in [-0.1, -0.05) is 48.5 Å². The molecule has 4 aromatic carbocycles. The fourth-order valence-corrected chi connectivity index (χ4v) is 4.54. The van der Waals surface area contributed by atoms with E-state index in [-0.39, 0.29) is 37.2 Å². The van der Waals surface area contributed by atoms with Gasteiger partial charge < -0.3 is 9.47 Å². The summed E-state index contributed by atoms with van der Waals surface area (Å²) in [6, 6.07) is 20.0. The fraction of sp³-hybridized carbons (Fsp3) is 0.161. The number of hydrogen-bond donors (Lipinski definition) is 0. The average molecular weight is 591 g/mol. The Bertz CT molecular complexity index is 1570. The van der Waals surface area contributed by atoms with Crippen molar-refractivity contribution in [2.75, 3.05) is 13.2 Å². The summed E-state index contributed by atoms with van der Waals surface area (Å²) in [6.07, 6.45) is -0.300. The first-order chi connectivity index (χ1) is 20.6. The van der Waals surface area contributed by atoms with Crippen LogP contribution in [-0.2, 0) is 31.9 Å². The molecule has 0 aliphatic heterocycles. The molecule has 43 heavy (non-hydrogen) atoms. The number of benzene rings is 4. The van der Waals surface area contributed by atoms with Gasteiger partial charge in [-0.15, -0.1) is 0 Å². The number of nitrogens with zero attached hydrogens (tertiary/aromatic N) is 2. The van der Waals surface area contributed by atoms with E-state index < -0.39 is 51.2 Å². The maximum atomic E-state index is 13.6. The number of hydrogen-bond acceptors (Lipinski definition) is 8. The van der Waals surface area contributed by atoms with Gasteiger partial charge in [0.2, 0.25) is 0 Å².